The third kappa shape index (κ3) is 4.08. The topological polar surface area (TPSA) is 100 Å². The Morgan fingerprint density at radius 3 is 2.18 bits per heavy atom. The van der Waals surface area contributed by atoms with E-state index in [9.17, 15) is 14.4 Å². The summed E-state index contributed by atoms with van der Waals surface area (Å²) in [5.74, 6) is 2.18. The highest BCUT2D eigenvalue weighted by Crippen LogP contribution is 2.60. The summed E-state index contributed by atoms with van der Waals surface area (Å²) in [6.07, 6.45) is 8.73. The molecule has 4 saturated carbocycles. The van der Waals surface area contributed by atoms with Crippen molar-refractivity contribution >= 4 is 17.7 Å². The van der Waals surface area contributed by atoms with E-state index >= 15 is 0 Å². The molecule has 5 rings (SSSR count). The first-order valence-corrected chi connectivity index (χ1v) is 10.4. The number of furan rings is 1. The third-order valence-corrected chi connectivity index (χ3v) is 6.64. The number of hydrogen-bond donors (Lipinski definition) is 3. The number of amides is 3. The van der Waals surface area contributed by atoms with Crippen molar-refractivity contribution in [3.8, 4) is 0 Å². The molecule has 4 fully saturated rings. The molecule has 4 bridgehead atoms. The summed E-state index contributed by atoms with van der Waals surface area (Å²) in [5, 5.41) is 8.44. The Morgan fingerprint density at radius 2 is 1.57 bits per heavy atom. The SMILES string of the molecule is O=C(CCNC(=O)C12CC3CC(CC(C3)C1)C2)NCCNC(=O)c1ccco1. The van der Waals surface area contributed by atoms with Gasteiger partial charge in [0, 0.05) is 31.5 Å². The molecule has 7 nitrogen and oxygen atoms in total. The van der Waals surface area contributed by atoms with Crippen LogP contribution in [-0.2, 0) is 9.59 Å². The Kier molecular flexibility index (Phi) is 5.42. The van der Waals surface area contributed by atoms with Gasteiger partial charge in [-0.05, 0) is 68.4 Å². The molecule has 28 heavy (non-hydrogen) atoms. The zero-order valence-corrected chi connectivity index (χ0v) is 16.2. The van der Waals surface area contributed by atoms with Crippen LogP contribution in [0.2, 0.25) is 0 Å². The zero-order valence-electron chi connectivity index (χ0n) is 16.2. The van der Waals surface area contributed by atoms with Crippen LogP contribution in [0.25, 0.3) is 0 Å². The van der Waals surface area contributed by atoms with E-state index in [1.165, 1.54) is 25.5 Å². The normalized spacial score (nSPS) is 30.1. The molecule has 7 heteroatoms. The predicted molar refractivity (Wildman–Crippen MR) is 102 cm³/mol. The first-order chi connectivity index (χ1) is 13.5. The number of rotatable bonds is 8. The highest BCUT2D eigenvalue weighted by atomic mass is 16.3. The number of hydrogen-bond acceptors (Lipinski definition) is 4. The lowest BCUT2D eigenvalue weighted by Gasteiger charge is -2.55. The summed E-state index contributed by atoms with van der Waals surface area (Å²) < 4.78 is 5.00. The molecule has 152 valence electrons. The molecule has 0 aromatic carbocycles. The number of carbonyl (C=O) groups excluding carboxylic acids is 3. The molecule has 0 atom stereocenters. The first-order valence-electron chi connectivity index (χ1n) is 10.4. The lowest BCUT2D eigenvalue weighted by atomic mass is 9.49. The Hall–Kier alpha value is -2.31. The average molecular weight is 387 g/mol. The van der Waals surface area contributed by atoms with Crippen LogP contribution in [0.1, 0.15) is 55.5 Å². The van der Waals surface area contributed by atoms with Crippen molar-refractivity contribution in [2.75, 3.05) is 19.6 Å². The van der Waals surface area contributed by atoms with Crippen molar-refractivity contribution in [3.63, 3.8) is 0 Å². The Morgan fingerprint density at radius 1 is 0.929 bits per heavy atom. The maximum absolute atomic E-state index is 12.8. The molecule has 0 radical (unpaired) electrons. The molecule has 3 N–H and O–H groups in total. The summed E-state index contributed by atoms with van der Waals surface area (Å²) in [6, 6.07) is 3.23. The van der Waals surface area contributed by atoms with Crippen molar-refractivity contribution in [2.45, 2.75) is 44.9 Å². The molecule has 0 saturated heterocycles. The van der Waals surface area contributed by atoms with Crippen molar-refractivity contribution in [2.24, 2.45) is 23.2 Å². The zero-order chi connectivity index (χ0) is 19.6. The molecule has 0 spiro atoms. The standard InChI is InChI=1S/C21H29N3O4/c25-18(22-5-6-23-19(26)17-2-1-7-28-17)3-4-24-20(27)21-11-14-8-15(12-21)10-16(9-14)13-21/h1-2,7,14-16H,3-6,8-13H2,(H,22,25)(H,23,26)(H,24,27). The Balaban J connectivity index is 1.12. The number of carbonyl (C=O) groups is 3. The molecule has 1 heterocycles. The summed E-state index contributed by atoms with van der Waals surface area (Å²) in [5.41, 5.74) is -0.165. The minimum atomic E-state index is -0.304. The van der Waals surface area contributed by atoms with E-state index in [-0.39, 0.29) is 35.3 Å². The highest BCUT2D eigenvalue weighted by molar-refractivity contribution is 5.91. The second-order valence-electron chi connectivity index (χ2n) is 8.79. The van der Waals surface area contributed by atoms with Gasteiger partial charge in [-0.3, -0.25) is 14.4 Å². The second-order valence-corrected chi connectivity index (χ2v) is 8.79. The van der Waals surface area contributed by atoms with Crippen molar-refractivity contribution in [1.29, 1.82) is 0 Å². The van der Waals surface area contributed by atoms with Gasteiger partial charge in [-0.2, -0.15) is 0 Å². The summed E-state index contributed by atoms with van der Waals surface area (Å²) >= 11 is 0. The van der Waals surface area contributed by atoms with Gasteiger partial charge in [-0.25, -0.2) is 0 Å². The van der Waals surface area contributed by atoms with Gasteiger partial charge >= 0.3 is 0 Å². The monoisotopic (exact) mass is 387 g/mol. The van der Waals surface area contributed by atoms with Crippen LogP contribution in [0, 0.1) is 23.2 Å². The average Bonchev–Trinajstić information content (AvgIpc) is 3.19. The van der Waals surface area contributed by atoms with Crippen LogP contribution in [0.4, 0.5) is 0 Å². The highest BCUT2D eigenvalue weighted by Gasteiger charge is 2.54. The van der Waals surface area contributed by atoms with Crippen LogP contribution in [0.15, 0.2) is 22.8 Å². The molecule has 4 aliphatic rings. The van der Waals surface area contributed by atoms with E-state index in [1.54, 1.807) is 12.1 Å². The quantitative estimate of drug-likeness (QED) is 0.593. The molecule has 0 aliphatic heterocycles. The molecular weight excluding hydrogens is 358 g/mol. The van der Waals surface area contributed by atoms with E-state index in [1.807, 2.05) is 0 Å². The fourth-order valence-corrected chi connectivity index (χ4v) is 5.83. The molecule has 1 aromatic rings. The lowest BCUT2D eigenvalue weighted by Crippen LogP contribution is -2.53. The minimum absolute atomic E-state index is 0.127. The van der Waals surface area contributed by atoms with Crippen LogP contribution >= 0.6 is 0 Å². The molecule has 1 aromatic heterocycles. The van der Waals surface area contributed by atoms with Crippen molar-refractivity contribution in [1.82, 2.24) is 16.0 Å². The van der Waals surface area contributed by atoms with Gasteiger partial charge in [0.2, 0.25) is 11.8 Å². The largest absolute Gasteiger partial charge is 0.459 e. The van der Waals surface area contributed by atoms with Crippen molar-refractivity contribution < 1.29 is 18.8 Å². The molecular formula is C21H29N3O4. The van der Waals surface area contributed by atoms with E-state index < -0.39 is 0 Å². The summed E-state index contributed by atoms with van der Waals surface area (Å²) in [6.45, 7) is 1.03. The van der Waals surface area contributed by atoms with Gasteiger partial charge in [0.25, 0.3) is 5.91 Å². The van der Waals surface area contributed by atoms with Crippen LogP contribution in [0.3, 0.4) is 0 Å². The summed E-state index contributed by atoms with van der Waals surface area (Å²) in [4.78, 5) is 36.5. The maximum Gasteiger partial charge on any atom is 0.287 e. The van der Waals surface area contributed by atoms with Gasteiger partial charge in [0.1, 0.15) is 0 Å². The van der Waals surface area contributed by atoms with Crippen LogP contribution in [0.5, 0.6) is 0 Å². The van der Waals surface area contributed by atoms with Gasteiger partial charge < -0.3 is 20.4 Å². The van der Waals surface area contributed by atoms with E-state index in [4.69, 9.17) is 4.42 Å². The van der Waals surface area contributed by atoms with Gasteiger partial charge in [0.15, 0.2) is 5.76 Å². The fraction of sp³-hybridized carbons (Fsp3) is 0.667. The molecule has 4 aliphatic carbocycles. The Labute approximate surface area is 165 Å². The second kappa shape index (κ2) is 7.97. The van der Waals surface area contributed by atoms with Gasteiger partial charge in [-0.1, -0.05) is 0 Å². The van der Waals surface area contributed by atoms with Crippen LogP contribution in [-0.4, -0.2) is 37.4 Å². The molecule has 3 amide bonds. The van der Waals surface area contributed by atoms with E-state index in [2.05, 4.69) is 16.0 Å². The van der Waals surface area contributed by atoms with Crippen molar-refractivity contribution in [3.05, 3.63) is 24.2 Å². The lowest BCUT2D eigenvalue weighted by molar-refractivity contribution is -0.146. The van der Waals surface area contributed by atoms with Gasteiger partial charge in [0.05, 0.1) is 6.26 Å². The predicted octanol–water partition coefficient (Wildman–Crippen LogP) is 1.85. The smallest absolute Gasteiger partial charge is 0.287 e. The van der Waals surface area contributed by atoms with Crippen LogP contribution < -0.4 is 16.0 Å². The van der Waals surface area contributed by atoms with E-state index in [0.717, 1.165) is 37.0 Å². The first kappa shape index (κ1) is 19.0. The molecule has 0 unspecified atom stereocenters. The fourth-order valence-electron chi connectivity index (χ4n) is 5.83. The minimum Gasteiger partial charge on any atom is -0.459 e. The maximum atomic E-state index is 12.8. The van der Waals surface area contributed by atoms with E-state index in [0.29, 0.717) is 19.6 Å². The number of nitrogens with one attached hydrogen (secondary N) is 3. The third-order valence-electron chi connectivity index (χ3n) is 6.64. The van der Waals surface area contributed by atoms with Gasteiger partial charge in [-0.15, -0.1) is 0 Å². The summed E-state index contributed by atoms with van der Waals surface area (Å²) in [7, 11) is 0. The Bertz CT molecular complexity index is 693.